The summed E-state index contributed by atoms with van der Waals surface area (Å²) in [6.45, 7) is 0.0412. The van der Waals surface area contributed by atoms with Crippen molar-refractivity contribution in [2.24, 2.45) is 0 Å². The van der Waals surface area contributed by atoms with Crippen molar-refractivity contribution < 1.29 is 23.4 Å². The van der Waals surface area contributed by atoms with E-state index in [9.17, 15) is 14.2 Å². The monoisotopic (exact) mass is 477 g/mol. The van der Waals surface area contributed by atoms with Crippen molar-refractivity contribution in [3.63, 3.8) is 0 Å². The molecule has 1 N–H and O–H groups in total. The van der Waals surface area contributed by atoms with Crippen molar-refractivity contribution in [3.8, 4) is 0 Å². The number of benzene rings is 3. The highest BCUT2D eigenvalue weighted by Gasteiger charge is 2.38. The molecule has 176 valence electrons. The van der Waals surface area contributed by atoms with Crippen LogP contribution in [0, 0.1) is 0 Å². The molecule has 0 heterocycles. The van der Waals surface area contributed by atoms with Crippen molar-refractivity contribution in [3.05, 3.63) is 113 Å². The van der Waals surface area contributed by atoms with Crippen LogP contribution in [0.3, 0.4) is 0 Å². The van der Waals surface area contributed by atoms with E-state index < -0.39 is 19.2 Å². The molecule has 0 saturated heterocycles. The maximum atomic E-state index is 14.0. The average Bonchev–Trinajstić information content (AvgIpc) is 2.90. The lowest BCUT2D eigenvalue weighted by atomic mass is 10.1. The number of nitrogens with one attached hydrogen (secondary N) is 1. The van der Waals surface area contributed by atoms with Crippen molar-refractivity contribution in [1.82, 2.24) is 5.32 Å². The van der Waals surface area contributed by atoms with Gasteiger partial charge in [-0.1, -0.05) is 91.0 Å². The average molecular weight is 477 g/mol. The van der Waals surface area contributed by atoms with Crippen molar-refractivity contribution in [2.45, 2.75) is 25.2 Å². The molecule has 3 aromatic rings. The van der Waals surface area contributed by atoms with Crippen LogP contribution in [0.1, 0.15) is 16.7 Å². The van der Waals surface area contributed by atoms with Gasteiger partial charge in [0.1, 0.15) is 18.3 Å². The fourth-order valence-electron chi connectivity index (χ4n) is 3.56. The number of hydrogen-bond acceptors (Lipinski definition) is 5. The first-order valence-electron chi connectivity index (χ1n) is 11.0. The van der Waals surface area contributed by atoms with E-state index in [0.717, 1.165) is 16.7 Å². The fraction of sp³-hybridized carbons (Fsp3) is 0.222. The second-order valence-corrected chi connectivity index (χ2v) is 10.5. The Morgan fingerprint density at radius 2 is 1.41 bits per heavy atom. The van der Waals surface area contributed by atoms with Gasteiger partial charge in [-0.05, 0) is 23.1 Å². The fourth-order valence-corrected chi connectivity index (χ4v) is 5.70. The van der Waals surface area contributed by atoms with Crippen LogP contribution in [-0.4, -0.2) is 31.1 Å². The molecule has 0 bridgehead atoms. The second kappa shape index (κ2) is 12.7. The van der Waals surface area contributed by atoms with Gasteiger partial charge < -0.3 is 14.6 Å². The molecule has 2 atom stereocenters. The summed E-state index contributed by atoms with van der Waals surface area (Å²) >= 11 is 0. The van der Waals surface area contributed by atoms with E-state index in [1.165, 1.54) is 7.11 Å². The molecule has 0 aliphatic heterocycles. The van der Waals surface area contributed by atoms with E-state index >= 15 is 0 Å². The van der Waals surface area contributed by atoms with Gasteiger partial charge in [0.2, 0.25) is 7.37 Å². The minimum absolute atomic E-state index is 0.0412. The van der Waals surface area contributed by atoms with Gasteiger partial charge in [0.25, 0.3) is 0 Å². The summed E-state index contributed by atoms with van der Waals surface area (Å²) in [6.07, 6.45) is -0.0172. The minimum atomic E-state index is -3.55. The molecule has 3 rings (SSSR count). The van der Waals surface area contributed by atoms with Crippen molar-refractivity contribution in [2.75, 3.05) is 13.3 Å². The lowest BCUT2D eigenvalue weighted by Crippen LogP contribution is -2.38. The standard InChI is InChI=1S/C27H28NO5P/c1-32-34(31,18-17-22-11-5-2-6-12-22)26(25(20-29)19-23-13-7-3-8-14-23)28-27(30)33-21-24-15-9-4-10-16-24/h2-16,26H,17-19,21H2,1H3,(H,28,30)/t26-,34+/m1/s1. The molecule has 0 radical (unpaired) electrons. The van der Waals surface area contributed by atoms with Crippen molar-refractivity contribution in [1.29, 1.82) is 0 Å². The van der Waals surface area contributed by atoms with Gasteiger partial charge in [0, 0.05) is 19.7 Å². The molecule has 0 fully saturated rings. The molecule has 34 heavy (non-hydrogen) atoms. The molecule has 3 aromatic carbocycles. The summed E-state index contributed by atoms with van der Waals surface area (Å²) in [6, 6.07) is 28.0. The molecule has 0 aromatic heterocycles. The van der Waals surface area contributed by atoms with Gasteiger partial charge in [-0.15, -0.1) is 0 Å². The number of rotatable bonds is 11. The van der Waals surface area contributed by atoms with Gasteiger partial charge >= 0.3 is 6.09 Å². The highest BCUT2D eigenvalue weighted by Crippen LogP contribution is 2.53. The summed E-state index contributed by atoms with van der Waals surface area (Å²) in [4.78, 5) is 24.7. The number of carbonyl (C=O) groups is 1. The largest absolute Gasteiger partial charge is 0.445 e. The molecule has 0 spiro atoms. The normalized spacial score (nSPS) is 13.2. The first kappa shape index (κ1) is 25.2. The van der Waals surface area contributed by atoms with Gasteiger partial charge in [-0.25, -0.2) is 9.59 Å². The molecular weight excluding hydrogens is 449 g/mol. The Bertz CT molecular complexity index is 1150. The molecule has 0 unspecified atom stereocenters. The topological polar surface area (TPSA) is 81.7 Å². The highest BCUT2D eigenvalue weighted by molar-refractivity contribution is 7.60. The van der Waals surface area contributed by atoms with Crippen LogP contribution < -0.4 is 5.32 Å². The Kier molecular flexibility index (Phi) is 9.42. The van der Waals surface area contributed by atoms with E-state index in [0.29, 0.717) is 6.42 Å². The SMILES string of the molecule is CO[P@@](=O)(CCc1ccccc1)[C@@H](NC(=O)OCc1ccccc1)C(=C=O)Cc1ccccc1. The third-order valence-electron chi connectivity index (χ3n) is 5.42. The van der Waals surface area contributed by atoms with Crippen LogP contribution >= 0.6 is 7.37 Å². The summed E-state index contributed by atoms with van der Waals surface area (Å²) in [5.74, 6) is 0.748. The Labute approximate surface area is 200 Å². The van der Waals surface area contributed by atoms with E-state index in [2.05, 4.69) is 5.32 Å². The van der Waals surface area contributed by atoms with Crippen LogP contribution in [0.2, 0.25) is 0 Å². The summed E-state index contributed by atoms with van der Waals surface area (Å²) in [7, 11) is -2.21. The van der Waals surface area contributed by atoms with E-state index in [4.69, 9.17) is 9.26 Å². The third kappa shape index (κ3) is 7.29. The first-order valence-corrected chi connectivity index (χ1v) is 12.9. The highest BCUT2D eigenvalue weighted by atomic mass is 31.2. The number of amides is 1. The Balaban J connectivity index is 1.82. The molecule has 7 heteroatoms. The Morgan fingerprint density at radius 3 is 1.94 bits per heavy atom. The maximum Gasteiger partial charge on any atom is 0.408 e. The summed E-state index contributed by atoms with van der Waals surface area (Å²) < 4.78 is 24.8. The number of aryl methyl sites for hydroxylation is 1. The zero-order chi connectivity index (χ0) is 24.2. The third-order valence-corrected chi connectivity index (χ3v) is 8.12. The van der Waals surface area contributed by atoms with Gasteiger partial charge in [0.05, 0.1) is 5.57 Å². The quantitative estimate of drug-likeness (QED) is 0.295. The Hall–Kier alpha value is -3.43. The second-order valence-electron chi connectivity index (χ2n) is 7.77. The van der Waals surface area contributed by atoms with E-state index in [1.807, 2.05) is 96.9 Å². The van der Waals surface area contributed by atoms with Crippen LogP contribution in [0.4, 0.5) is 4.79 Å². The van der Waals surface area contributed by atoms with E-state index in [1.54, 1.807) is 0 Å². The smallest absolute Gasteiger partial charge is 0.408 e. The summed E-state index contributed by atoms with van der Waals surface area (Å²) in [5.41, 5.74) is 2.76. The number of carbonyl (C=O) groups excluding carboxylic acids is 2. The van der Waals surface area contributed by atoms with Crippen LogP contribution in [0.15, 0.2) is 96.6 Å². The molecule has 6 nitrogen and oxygen atoms in total. The Morgan fingerprint density at radius 1 is 0.882 bits per heavy atom. The molecule has 0 aliphatic carbocycles. The lowest BCUT2D eigenvalue weighted by molar-refractivity contribution is 0.138. The van der Waals surface area contributed by atoms with Crippen molar-refractivity contribution >= 4 is 19.4 Å². The maximum absolute atomic E-state index is 14.0. The first-order chi connectivity index (χ1) is 16.5. The number of ether oxygens (including phenoxy) is 1. The predicted octanol–water partition coefficient (Wildman–Crippen LogP) is 5.41. The van der Waals surface area contributed by atoms with Gasteiger partial charge in [-0.2, -0.15) is 0 Å². The van der Waals surface area contributed by atoms with Crippen LogP contribution in [0.25, 0.3) is 0 Å². The molecule has 0 aliphatic rings. The lowest BCUT2D eigenvalue weighted by Gasteiger charge is -2.27. The van der Waals surface area contributed by atoms with Gasteiger partial charge in [0.15, 0.2) is 0 Å². The molecular formula is C27H28NO5P. The van der Waals surface area contributed by atoms with Gasteiger partial charge in [-0.3, -0.25) is 4.57 Å². The molecule has 1 amide bonds. The zero-order valence-corrected chi connectivity index (χ0v) is 19.9. The number of alkyl carbamates (subject to hydrolysis) is 1. The van der Waals surface area contributed by atoms with Crippen LogP contribution in [0.5, 0.6) is 0 Å². The molecule has 0 saturated carbocycles. The van der Waals surface area contributed by atoms with E-state index in [-0.39, 0.29) is 24.8 Å². The predicted molar refractivity (Wildman–Crippen MR) is 133 cm³/mol. The minimum Gasteiger partial charge on any atom is -0.445 e. The summed E-state index contributed by atoms with van der Waals surface area (Å²) in [5, 5.41) is 2.64. The zero-order valence-electron chi connectivity index (χ0n) is 19.1. The number of hydrogen-bond donors (Lipinski definition) is 1. The van der Waals surface area contributed by atoms with Crippen LogP contribution in [-0.2, 0) is 38.1 Å².